The second-order valence-corrected chi connectivity index (χ2v) is 8.26. The van der Waals surface area contributed by atoms with Gasteiger partial charge in [0.2, 0.25) is 0 Å². The Labute approximate surface area is 156 Å². The van der Waals surface area contributed by atoms with Crippen molar-refractivity contribution in [1.29, 1.82) is 0 Å². The monoisotopic (exact) mass is 384 g/mol. The van der Waals surface area contributed by atoms with Gasteiger partial charge in [-0.15, -0.1) is 23.5 Å². The highest BCUT2D eigenvalue weighted by Crippen LogP contribution is 2.36. The molecule has 1 fully saturated rings. The van der Waals surface area contributed by atoms with Gasteiger partial charge in [-0.05, 0) is 18.6 Å². The van der Waals surface area contributed by atoms with E-state index in [2.05, 4.69) is 0 Å². The van der Waals surface area contributed by atoms with E-state index in [0.29, 0.717) is 0 Å². The van der Waals surface area contributed by atoms with Crippen molar-refractivity contribution in [2.75, 3.05) is 18.1 Å². The molecule has 25 heavy (non-hydrogen) atoms. The first-order valence-corrected chi connectivity index (χ1v) is 10.3. The lowest BCUT2D eigenvalue weighted by atomic mass is 10.1. The van der Waals surface area contributed by atoms with Gasteiger partial charge in [0.15, 0.2) is 0 Å². The van der Waals surface area contributed by atoms with E-state index in [9.17, 15) is 15.0 Å². The van der Waals surface area contributed by atoms with E-state index in [1.165, 1.54) is 12.2 Å². The second kappa shape index (κ2) is 10.9. The van der Waals surface area contributed by atoms with Gasteiger partial charge in [-0.2, -0.15) is 0 Å². The maximum atomic E-state index is 11.4. The molecule has 0 amide bonds. The molecule has 2 rings (SSSR count). The molecule has 0 aromatic heterocycles. The van der Waals surface area contributed by atoms with Gasteiger partial charge in [0.1, 0.15) is 18.3 Å². The van der Waals surface area contributed by atoms with Crippen LogP contribution in [0.2, 0.25) is 0 Å². The molecule has 0 spiro atoms. The zero-order valence-corrected chi connectivity index (χ0v) is 15.7. The molecular weight excluding hydrogens is 360 g/mol. The van der Waals surface area contributed by atoms with Gasteiger partial charge in [0.05, 0.1) is 17.8 Å². The van der Waals surface area contributed by atoms with Crippen LogP contribution in [0.15, 0.2) is 42.5 Å². The van der Waals surface area contributed by atoms with Crippen LogP contribution < -0.4 is 0 Å². The van der Waals surface area contributed by atoms with Crippen LogP contribution in [-0.4, -0.2) is 57.2 Å². The highest BCUT2D eigenvalue weighted by molar-refractivity contribution is 8.20. The Morgan fingerprint density at radius 2 is 1.96 bits per heavy atom. The van der Waals surface area contributed by atoms with Crippen molar-refractivity contribution in [2.45, 2.75) is 36.4 Å². The summed E-state index contributed by atoms with van der Waals surface area (Å²) in [4.78, 5) is 11.4. The predicted octanol–water partition coefficient (Wildman–Crippen LogP) is 2.22. The Balaban J connectivity index is 2.03. The summed E-state index contributed by atoms with van der Waals surface area (Å²) in [5.74, 6) is 1.40. The van der Waals surface area contributed by atoms with Crippen LogP contribution in [0, 0.1) is 0 Å². The van der Waals surface area contributed by atoms with Crippen LogP contribution in [0.4, 0.5) is 0 Å². The minimum absolute atomic E-state index is 0.0496. The maximum absolute atomic E-state index is 11.4. The van der Waals surface area contributed by atoms with Gasteiger partial charge in [-0.1, -0.05) is 30.3 Å². The molecule has 7 heteroatoms. The molecule has 1 heterocycles. The first-order chi connectivity index (χ1) is 12.1. The molecule has 0 radical (unpaired) electrons. The molecule has 2 N–H and O–H groups in total. The number of ether oxygens (including phenoxy) is 2. The smallest absolute Gasteiger partial charge is 0.330 e. The van der Waals surface area contributed by atoms with Crippen LogP contribution in [0.1, 0.15) is 12.5 Å². The largest absolute Gasteiger partial charge is 0.463 e. The number of hydrogen-bond donors (Lipinski definition) is 2. The number of esters is 1. The van der Waals surface area contributed by atoms with Gasteiger partial charge in [-0.25, -0.2) is 4.79 Å². The van der Waals surface area contributed by atoms with E-state index in [-0.39, 0.29) is 17.8 Å². The SMILES string of the molecule is CCOC(=O)/C=C/[C@@H](O)[C@@H](OCc1ccccc1)[C@@H](O)C1SCCS1. The second-order valence-electron chi connectivity index (χ2n) is 5.46. The van der Waals surface area contributed by atoms with Crippen LogP contribution in [0.5, 0.6) is 0 Å². The molecular formula is C18H24O5S2. The fraction of sp³-hybridized carbons (Fsp3) is 0.500. The third-order valence-corrected chi connectivity index (χ3v) is 6.77. The van der Waals surface area contributed by atoms with Crippen LogP contribution >= 0.6 is 23.5 Å². The number of aliphatic hydroxyl groups excluding tert-OH is 2. The Kier molecular flexibility index (Phi) is 8.84. The Morgan fingerprint density at radius 3 is 2.60 bits per heavy atom. The van der Waals surface area contributed by atoms with Crippen molar-refractivity contribution >= 4 is 29.5 Å². The topological polar surface area (TPSA) is 76.0 Å². The molecule has 1 aromatic carbocycles. The van der Waals surface area contributed by atoms with E-state index in [0.717, 1.165) is 17.1 Å². The molecule has 0 saturated carbocycles. The average Bonchev–Trinajstić information content (AvgIpc) is 3.16. The fourth-order valence-corrected chi connectivity index (χ4v) is 5.27. The van der Waals surface area contributed by atoms with Crippen molar-refractivity contribution in [3.05, 3.63) is 48.0 Å². The third kappa shape index (κ3) is 6.67. The Bertz CT molecular complexity index is 546. The summed E-state index contributed by atoms with van der Waals surface area (Å²) in [7, 11) is 0. The number of hydrogen-bond acceptors (Lipinski definition) is 7. The molecule has 1 aromatic rings. The van der Waals surface area contributed by atoms with Crippen LogP contribution in [0.25, 0.3) is 0 Å². The summed E-state index contributed by atoms with van der Waals surface area (Å²) in [6.07, 6.45) is -0.280. The quantitative estimate of drug-likeness (QED) is 0.499. The number of benzene rings is 1. The summed E-state index contributed by atoms with van der Waals surface area (Å²) < 4.78 is 10.6. The van der Waals surface area contributed by atoms with Crippen molar-refractivity contribution in [1.82, 2.24) is 0 Å². The normalized spacial score (nSPS) is 19.0. The molecule has 1 aliphatic rings. The highest BCUT2D eigenvalue weighted by Gasteiger charge is 2.35. The molecule has 5 nitrogen and oxygen atoms in total. The van der Waals surface area contributed by atoms with Crippen molar-refractivity contribution < 1.29 is 24.5 Å². The summed E-state index contributed by atoms with van der Waals surface area (Å²) in [5, 5.41) is 21.1. The molecule has 138 valence electrons. The number of thioether (sulfide) groups is 2. The lowest BCUT2D eigenvalue weighted by Gasteiger charge is -2.29. The molecule has 1 aliphatic heterocycles. The summed E-state index contributed by atoms with van der Waals surface area (Å²) in [5.41, 5.74) is 0.952. The first-order valence-electron chi connectivity index (χ1n) is 8.21. The Hall–Kier alpha value is -0.990. The summed E-state index contributed by atoms with van der Waals surface area (Å²) >= 11 is 3.31. The van der Waals surface area contributed by atoms with Crippen molar-refractivity contribution in [2.24, 2.45) is 0 Å². The minimum atomic E-state index is -1.11. The zero-order chi connectivity index (χ0) is 18.1. The fourth-order valence-electron chi connectivity index (χ4n) is 2.37. The van der Waals surface area contributed by atoms with Crippen molar-refractivity contribution in [3.8, 4) is 0 Å². The van der Waals surface area contributed by atoms with E-state index in [4.69, 9.17) is 9.47 Å². The van der Waals surface area contributed by atoms with Gasteiger partial charge in [-0.3, -0.25) is 0 Å². The number of carbonyl (C=O) groups excluding carboxylic acids is 1. The number of carbonyl (C=O) groups is 1. The van der Waals surface area contributed by atoms with Gasteiger partial charge >= 0.3 is 5.97 Å². The van der Waals surface area contributed by atoms with Crippen LogP contribution in [0.3, 0.4) is 0 Å². The molecule has 0 unspecified atom stereocenters. The lowest BCUT2D eigenvalue weighted by molar-refractivity contribution is -0.137. The molecule has 0 bridgehead atoms. The standard InChI is InChI=1S/C18H24O5S2/c1-2-22-15(20)9-8-14(19)17(16(21)18-24-10-11-25-18)23-12-13-6-4-3-5-7-13/h3-9,14,16-19,21H,2,10-12H2,1H3/b9-8+/t14-,16-,17-/m1/s1. The summed E-state index contributed by atoms with van der Waals surface area (Å²) in [6.45, 7) is 2.26. The predicted molar refractivity (Wildman–Crippen MR) is 102 cm³/mol. The van der Waals surface area contributed by atoms with E-state index >= 15 is 0 Å². The average molecular weight is 385 g/mol. The zero-order valence-electron chi connectivity index (χ0n) is 14.1. The molecule has 1 saturated heterocycles. The van der Waals surface area contributed by atoms with Gasteiger partial charge in [0.25, 0.3) is 0 Å². The third-order valence-electron chi connectivity index (χ3n) is 3.60. The van der Waals surface area contributed by atoms with E-state index in [1.54, 1.807) is 30.4 Å². The van der Waals surface area contributed by atoms with E-state index in [1.807, 2.05) is 30.3 Å². The number of rotatable bonds is 9. The van der Waals surface area contributed by atoms with Crippen molar-refractivity contribution in [3.63, 3.8) is 0 Å². The van der Waals surface area contributed by atoms with Gasteiger partial charge < -0.3 is 19.7 Å². The van der Waals surface area contributed by atoms with E-state index < -0.39 is 24.3 Å². The van der Waals surface area contributed by atoms with Crippen LogP contribution in [-0.2, 0) is 20.9 Å². The summed E-state index contributed by atoms with van der Waals surface area (Å²) in [6, 6.07) is 9.57. The number of aliphatic hydroxyl groups is 2. The minimum Gasteiger partial charge on any atom is -0.463 e. The van der Waals surface area contributed by atoms with Gasteiger partial charge in [0, 0.05) is 17.6 Å². The highest BCUT2D eigenvalue weighted by atomic mass is 32.2. The molecule has 3 atom stereocenters. The Morgan fingerprint density at radius 1 is 1.28 bits per heavy atom. The molecule has 0 aliphatic carbocycles. The lowest BCUT2D eigenvalue weighted by Crippen LogP contribution is -2.43. The first kappa shape index (κ1) is 20.3. The maximum Gasteiger partial charge on any atom is 0.330 e.